The van der Waals surface area contributed by atoms with E-state index in [4.69, 9.17) is 4.99 Å². The van der Waals surface area contributed by atoms with E-state index in [9.17, 15) is 0 Å². The Balaban J connectivity index is 1.69. The molecule has 1 saturated heterocycles. The van der Waals surface area contributed by atoms with Crippen LogP contribution in [0.15, 0.2) is 4.99 Å². The summed E-state index contributed by atoms with van der Waals surface area (Å²) in [5, 5.41) is 5.02. The molecular weight excluding hydrogens is 264 g/mol. The third-order valence-electron chi connectivity index (χ3n) is 5.25. The standard InChI is InChI=1S/C17H30N2S/c1-15(2)9-13(10-16(3,4)11-15)18-14-19-17(12-20-14)7-5-6-8-17/h13H,5-12H2,1-4H3,(H,18,19). The van der Waals surface area contributed by atoms with Crippen molar-refractivity contribution in [1.82, 2.24) is 5.32 Å². The summed E-state index contributed by atoms with van der Waals surface area (Å²) in [4.78, 5) is 5.11. The molecule has 0 aromatic rings. The second-order valence-electron chi connectivity index (χ2n) is 8.90. The molecule has 2 nitrogen and oxygen atoms in total. The Labute approximate surface area is 128 Å². The molecule has 20 heavy (non-hydrogen) atoms. The van der Waals surface area contributed by atoms with Gasteiger partial charge in [-0.25, -0.2) is 0 Å². The van der Waals surface area contributed by atoms with Gasteiger partial charge in [0.05, 0.1) is 6.04 Å². The van der Waals surface area contributed by atoms with Crippen LogP contribution in [0.3, 0.4) is 0 Å². The highest BCUT2D eigenvalue weighted by atomic mass is 32.2. The number of amidine groups is 1. The molecule has 2 aliphatic carbocycles. The lowest BCUT2D eigenvalue weighted by Crippen LogP contribution is -2.41. The summed E-state index contributed by atoms with van der Waals surface area (Å²) in [6.45, 7) is 9.65. The molecule has 0 aromatic carbocycles. The molecule has 0 bridgehead atoms. The van der Waals surface area contributed by atoms with Gasteiger partial charge in [0.25, 0.3) is 0 Å². The minimum atomic E-state index is 0.406. The fourth-order valence-electron chi connectivity index (χ4n) is 4.94. The largest absolute Gasteiger partial charge is 0.359 e. The Morgan fingerprint density at radius 2 is 1.65 bits per heavy atom. The topological polar surface area (TPSA) is 24.4 Å². The molecule has 0 atom stereocenters. The summed E-state index contributed by atoms with van der Waals surface area (Å²) >= 11 is 1.97. The molecule has 0 radical (unpaired) electrons. The lowest BCUT2D eigenvalue weighted by molar-refractivity contribution is 0.0997. The fourth-order valence-corrected chi connectivity index (χ4v) is 6.23. The maximum Gasteiger partial charge on any atom is 0.157 e. The zero-order valence-corrected chi connectivity index (χ0v) is 14.4. The summed E-state index contributed by atoms with van der Waals surface area (Å²) < 4.78 is 0. The molecule has 1 N–H and O–H groups in total. The van der Waals surface area contributed by atoms with Gasteiger partial charge in [0.1, 0.15) is 0 Å². The summed E-state index contributed by atoms with van der Waals surface area (Å²) in [7, 11) is 0. The van der Waals surface area contributed by atoms with Crippen molar-refractivity contribution in [2.75, 3.05) is 5.75 Å². The molecule has 3 aliphatic rings. The molecular formula is C17H30N2S. The molecule has 3 heteroatoms. The number of nitrogens with one attached hydrogen (secondary N) is 1. The number of nitrogens with zero attached hydrogens (tertiary/aromatic N) is 1. The first kappa shape index (κ1) is 14.7. The van der Waals surface area contributed by atoms with Gasteiger partial charge < -0.3 is 5.32 Å². The van der Waals surface area contributed by atoms with E-state index in [-0.39, 0.29) is 0 Å². The second-order valence-corrected chi connectivity index (χ2v) is 9.87. The Kier molecular flexibility index (Phi) is 3.63. The molecule has 114 valence electrons. The normalized spacial score (nSPS) is 33.7. The fraction of sp³-hybridized carbons (Fsp3) is 0.941. The molecule has 1 spiro atoms. The van der Waals surface area contributed by atoms with E-state index in [1.165, 1.54) is 55.9 Å². The van der Waals surface area contributed by atoms with Crippen LogP contribution in [0.2, 0.25) is 0 Å². The monoisotopic (exact) mass is 294 g/mol. The molecule has 1 heterocycles. The van der Waals surface area contributed by atoms with Gasteiger partial charge in [-0.1, -0.05) is 52.3 Å². The number of aliphatic imine (C=N–C) groups is 1. The maximum atomic E-state index is 5.11. The molecule has 0 amide bonds. The van der Waals surface area contributed by atoms with Crippen molar-refractivity contribution >= 4 is 16.9 Å². The predicted octanol–water partition coefficient (Wildman–Crippen LogP) is 4.60. The van der Waals surface area contributed by atoms with Crippen molar-refractivity contribution < 1.29 is 0 Å². The Bertz CT molecular complexity index is 389. The van der Waals surface area contributed by atoms with E-state index in [0.29, 0.717) is 22.4 Å². The van der Waals surface area contributed by atoms with Gasteiger partial charge in [-0.2, -0.15) is 0 Å². The van der Waals surface area contributed by atoms with Gasteiger partial charge in [-0.05, 0) is 42.9 Å². The molecule has 0 aromatic heterocycles. The third kappa shape index (κ3) is 3.18. The smallest absolute Gasteiger partial charge is 0.157 e. The van der Waals surface area contributed by atoms with Crippen LogP contribution in [-0.4, -0.2) is 22.5 Å². The Hall–Kier alpha value is -0.180. The van der Waals surface area contributed by atoms with Crippen molar-refractivity contribution in [3.8, 4) is 0 Å². The van der Waals surface area contributed by atoms with Crippen LogP contribution in [0.1, 0.15) is 72.6 Å². The molecule has 0 unspecified atom stereocenters. The highest BCUT2D eigenvalue weighted by Gasteiger charge is 2.42. The van der Waals surface area contributed by atoms with Gasteiger partial charge in [-0.15, -0.1) is 0 Å². The lowest BCUT2D eigenvalue weighted by Gasteiger charge is -2.43. The zero-order chi connectivity index (χ0) is 14.4. The first-order valence-electron chi connectivity index (χ1n) is 8.27. The Morgan fingerprint density at radius 1 is 1.05 bits per heavy atom. The average Bonchev–Trinajstić information content (AvgIpc) is 2.85. The second kappa shape index (κ2) is 4.93. The van der Waals surface area contributed by atoms with E-state index < -0.39 is 0 Å². The first-order valence-corrected chi connectivity index (χ1v) is 9.25. The Morgan fingerprint density at radius 3 is 2.25 bits per heavy atom. The summed E-state index contributed by atoms with van der Waals surface area (Å²) in [5.74, 6) is 1.24. The van der Waals surface area contributed by atoms with E-state index in [1.54, 1.807) is 0 Å². The van der Waals surface area contributed by atoms with Gasteiger partial charge in [-0.3, -0.25) is 4.99 Å². The van der Waals surface area contributed by atoms with Crippen molar-refractivity contribution in [2.24, 2.45) is 15.8 Å². The SMILES string of the molecule is CC1(C)CC(N=C2NC3(CCCC3)CS2)CC(C)(C)C1. The summed E-state index contributed by atoms with van der Waals surface area (Å²) in [6.07, 6.45) is 9.30. The van der Waals surface area contributed by atoms with Crippen molar-refractivity contribution in [1.29, 1.82) is 0 Å². The van der Waals surface area contributed by atoms with E-state index in [0.717, 1.165) is 0 Å². The molecule has 2 saturated carbocycles. The number of hydrogen-bond donors (Lipinski definition) is 1. The highest BCUT2D eigenvalue weighted by molar-refractivity contribution is 8.14. The minimum Gasteiger partial charge on any atom is -0.359 e. The minimum absolute atomic E-state index is 0.406. The van der Waals surface area contributed by atoms with Crippen molar-refractivity contribution in [3.05, 3.63) is 0 Å². The average molecular weight is 295 g/mol. The molecule has 1 aliphatic heterocycles. The van der Waals surface area contributed by atoms with Crippen molar-refractivity contribution in [2.45, 2.75) is 84.2 Å². The molecule has 3 rings (SSSR count). The van der Waals surface area contributed by atoms with Crippen LogP contribution in [0.4, 0.5) is 0 Å². The van der Waals surface area contributed by atoms with Gasteiger partial charge in [0, 0.05) is 11.3 Å². The van der Waals surface area contributed by atoms with Gasteiger partial charge in [0.15, 0.2) is 5.17 Å². The zero-order valence-electron chi connectivity index (χ0n) is 13.6. The predicted molar refractivity (Wildman–Crippen MR) is 89.4 cm³/mol. The van der Waals surface area contributed by atoms with Gasteiger partial charge in [0.2, 0.25) is 0 Å². The number of hydrogen-bond acceptors (Lipinski definition) is 2. The number of rotatable bonds is 1. The van der Waals surface area contributed by atoms with Crippen LogP contribution in [-0.2, 0) is 0 Å². The van der Waals surface area contributed by atoms with E-state index >= 15 is 0 Å². The van der Waals surface area contributed by atoms with Crippen LogP contribution < -0.4 is 5.32 Å². The van der Waals surface area contributed by atoms with Crippen LogP contribution in [0.25, 0.3) is 0 Å². The van der Waals surface area contributed by atoms with E-state index in [1.807, 2.05) is 11.8 Å². The van der Waals surface area contributed by atoms with E-state index in [2.05, 4.69) is 33.0 Å². The summed E-state index contributed by atoms with van der Waals surface area (Å²) in [5.41, 5.74) is 1.28. The summed E-state index contributed by atoms with van der Waals surface area (Å²) in [6, 6.07) is 0.514. The van der Waals surface area contributed by atoms with Crippen molar-refractivity contribution in [3.63, 3.8) is 0 Å². The third-order valence-corrected chi connectivity index (χ3v) is 6.43. The number of thioether (sulfide) groups is 1. The van der Waals surface area contributed by atoms with Crippen LogP contribution >= 0.6 is 11.8 Å². The van der Waals surface area contributed by atoms with Crippen LogP contribution in [0.5, 0.6) is 0 Å². The lowest BCUT2D eigenvalue weighted by atomic mass is 9.64. The highest BCUT2D eigenvalue weighted by Crippen LogP contribution is 2.47. The maximum absolute atomic E-state index is 5.11. The van der Waals surface area contributed by atoms with Gasteiger partial charge >= 0.3 is 0 Å². The van der Waals surface area contributed by atoms with Crippen LogP contribution in [0, 0.1) is 10.8 Å². The first-order chi connectivity index (χ1) is 9.28. The molecule has 3 fully saturated rings. The quantitative estimate of drug-likeness (QED) is 0.764.